The van der Waals surface area contributed by atoms with Crippen LogP contribution in [0.1, 0.15) is 17.1 Å². The fraction of sp³-hybridized carbons (Fsp3) is 0.667. The third-order valence-electron chi connectivity index (χ3n) is 2.27. The summed E-state index contributed by atoms with van der Waals surface area (Å²) in [5.41, 5.74) is 1.10. The highest BCUT2D eigenvalue weighted by Gasteiger charge is 2.20. The smallest absolute Gasteiger partial charge is 0.107 e. The first kappa shape index (κ1) is 9.12. The zero-order chi connectivity index (χ0) is 9.26. The third-order valence-corrected chi connectivity index (χ3v) is 3.22. The minimum atomic E-state index is -0.124. The molecule has 2 rings (SSSR count). The van der Waals surface area contributed by atoms with Gasteiger partial charge >= 0.3 is 0 Å². The van der Waals surface area contributed by atoms with Crippen LogP contribution in [-0.2, 0) is 6.54 Å². The van der Waals surface area contributed by atoms with Crippen molar-refractivity contribution in [3.05, 3.63) is 16.1 Å². The molecule has 1 fully saturated rings. The lowest BCUT2D eigenvalue weighted by atomic mass is 10.3. The van der Waals surface area contributed by atoms with Crippen LogP contribution in [-0.4, -0.2) is 34.2 Å². The molecule has 72 valence electrons. The van der Waals surface area contributed by atoms with E-state index in [4.69, 9.17) is 0 Å². The van der Waals surface area contributed by atoms with Crippen LogP contribution in [0.15, 0.2) is 5.38 Å². The molecule has 0 aromatic carbocycles. The largest absolute Gasteiger partial charge is 0.392 e. The lowest BCUT2D eigenvalue weighted by Gasteiger charge is -2.11. The Bertz CT molecular complexity index is 287. The van der Waals surface area contributed by atoms with Gasteiger partial charge in [0.2, 0.25) is 0 Å². The van der Waals surface area contributed by atoms with Crippen LogP contribution in [0.5, 0.6) is 0 Å². The summed E-state index contributed by atoms with van der Waals surface area (Å²) in [7, 11) is 0. The van der Waals surface area contributed by atoms with Gasteiger partial charge in [0.15, 0.2) is 0 Å². The normalized spacial score (nSPS) is 24.0. The Kier molecular flexibility index (Phi) is 2.62. The maximum Gasteiger partial charge on any atom is 0.107 e. The van der Waals surface area contributed by atoms with Crippen LogP contribution < -0.4 is 0 Å². The molecule has 0 saturated carbocycles. The van der Waals surface area contributed by atoms with Gasteiger partial charge in [0.25, 0.3) is 0 Å². The average molecular weight is 198 g/mol. The predicted octanol–water partition coefficient (Wildman–Crippen LogP) is 1.02. The molecule has 2 heterocycles. The topological polar surface area (TPSA) is 36.4 Å². The van der Waals surface area contributed by atoms with Crippen LogP contribution in [0.25, 0.3) is 0 Å². The van der Waals surface area contributed by atoms with E-state index in [0.29, 0.717) is 0 Å². The molecule has 0 radical (unpaired) electrons. The summed E-state index contributed by atoms with van der Waals surface area (Å²) in [5.74, 6) is 0. The summed E-state index contributed by atoms with van der Waals surface area (Å²) in [5, 5.41) is 12.6. The third kappa shape index (κ3) is 2.27. The van der Waals surface area contributed by atoms with Crippen LogP contribution in [0.3, 0.4) is 0 Å². The Morgan fingerprint density at radius 1 is 1.77 bits per heavy atom. The predicted molar refractivity (Wildman–Crippen MR) is 52.8 cm³/mol. The molecule has 0 bridgehead atoms. The van der Waals surface area contributed by atoms with Crippen molar-refractivity contribution >= 4 is 11.3 Å². The number of thiazole rings is 1. The summed E-state index contributed by atoms with van der Waals surface area (Å²) < 4.78 is 0. The molecule has 1 unspecified atom stereocenters. The van der Waals surface area contributed by atoms with Gasteiger partial charge in [-0.3, -0.25) is 4.90 Å². The lowest BCUT2D eigenvalue weighted by molar-refractivity contribution is 0.174. The number of hydrogen-bond donors (Lipinski definition) is 1. The number of aliphatic hydroxyl groups is 1. The molecule has 1 atom stereocenters. The molecule has 0 amide bonds. The van der Waals surface area contributed by atoms with Crippen LogP contribution in [0.2, 0.25) is 0 Å². The molecule has 3 nitrogen and oxygen atoms in total. The van der Waals surface area contributed by atoms with E-state index in [-0.39, 0.29) is 6.10 Å². The molecule has 13 heavy (non-hydrogen) atoms. The average Bonchev–Trinajstić information content (AvgIpc) is 2.62. The number of β-amino-alcohol motifs (C(OH)–C–C–N with tert-alkyl or cyclic N) is 1. The quantitative estimate of drug-likeness (QED) is 0.770. The Balaban J connectivity index is 1.91. The Morgan fingerprint density at radius 3 is 3.15 bits per heavy atom. The molecule has 4 heteroatoms. The summed E-state index contributed by atoms with van der Waals surface area (Å²) in [4.78, 5) is 6.65. The Morgan fingerprint density at radius 2 is 2.62 bits per heavy atom. The Hall–Kier alpha value is -0.450. The molecule has 1 aliphatic rings. The monoisotopic (exact) mass is 198 g/mol. The molecule has 0 aliphatic carbocycles. The van der Waals surface area contributed by atoms with Gasteiger partial charge < -0.3 is 5.11 Å². The number of aliphatic hydroxyl groups excluding tert-OH is 1. The lowest BCUT2D eigenvalue weighted by Crippen LogP contribution is -2.21. The first-order valence-electron chi connectivity index (χ1n) is 4.55. The van der Waals surface area contributed by atoms with Gasteiger partial charge in [0, 0.05) is 24.2 Å². The van der Waals surface area contributed by atoms with E-state index in [1.165, 1.54) is 0 Å². The number of hydrogen-bond acceptors (Lipinski definition) is 4. The van der Waals surface area contributed by atoms with Gasteiger partial charge in [-0.2, -0.15) is 0 Å². The second kappa shape index (κ2) is 3.74. The number of aromatic nitrogens is 1. The van der Waals surface area contributed by atoms with Crippen molar-refractivity contribution < 1.29 is 5.11 Å². The van der Waals surface area contributed by atoms with Crippen molar-refractivity contribution in [2.24, 2.45) is 0 Å². The van der Waals surface area contributed by atoms with E-state index in [1.54, 1.807) is 11.3 Å². The van der Waals surface area contributed by atoms with E-state index in [0.717, 1.165) is 36.8 Å². The second-order valence-electron chi connectivity index (χ2n) is 3.56. The van der Waals surface area contributed by atoms with Gasteiger partial charge in [-0.15, -0.1) is 11.3 Å². The summed E-state index contributed by atoms with van der Waals surface area (Å²) in [6.07, 6.45) is 0.783. The van der Waals surface area contributed by atoms with E-state index < -0.39 is 0 Å². The van der Waals surface area contributed by atoms with Gasteiger partial charge in [-0.1, -0.05) is 0 Å². The molecule has 1 saturated heterocycles. The zero-order valence-corrected chi connectivity index (χ0v) is 8.55. The summed E-state index contributed by atoms with van der Waals surface area (Å²) in [6, 6.07) is 0. The summed E-state index contributed by atoms with van der Waals surface area (Å²) >= 11 is 1.70. The maximum absolute atomic E-state index is 9.32. The van der Waals surface area contributed by atoms with E-state index >= 15 is 0 Å². The SMILES string of the molecule is Cc1csc(CN2CCC(O)C2)n1. The molecule has 0 spiro atoms. The fourth-order valence-electron chi connectivity index (χ4n) is 1.62. The van der Waals surface area contributed by atoms with Crippen molar-refractivity contribution in [2.75, 3.05) is 13.1 Å². The molecule has 1 N–H and O–H groups in total. The van der Waals surface area contributed by atoms with Crippen molar-refractivity contribution in [3.63, 3.8) is 0 Å². The highest BCUT2D eigenvalue weighted by atomic mass is 32.1. The zero-order valence-electron chi connectivity index (χ0n) is 7.73. The second-order valence-corrected chi connectivity index (χ2v) is 4.50. The number of aryl methyl sites for hydroxylation is 1. The number of likely N-dealkylation sites (tertiary alicyclic amines) is 1. The van der Waals surface area contributed by atoms with Crippen LogP contribution in [0.4, 0.5) is 0 Å². The van der Waals surface area contributed by atoms with E-state index in [2.05, 4.69) is 15.3 Å². The maximum atomic E-state index is 9.32. The van der Waals surface area contributed by atoms with Gasteiger partial charge in [0.1, 0.15) is 5.01 Å². The first-order valence-corrected chi connectivity index (χ1v) is 5.43. The van der Waals surface area contributed by atoms with Crippen molar-refractivity contribution in [1.29, 1.82) is 0 Å². The van der Waals surface area contributed by atoms with Crippen LogP contribution >= 0.6 is 11.3 Å². The standard InChI is InChI=1S/C9H14N2OS/c1-7-6-13-9(10-7)5-11-3-2-8(12)4-11/h6,8,12H,2-5H2,1H3. The molecular formula is C9H14N2OS. The van der Waals surface area contributed by atoms with Crippen LogP contribution in [0, 0.1) is 6.92 Å². The highest BCUT2D eigenvalue weighted by Crippen LogP contribution is 2.15. The first-order chi connectivity index (χ1) is 6.24. The van der Waals surface area contributed by atoms with Crippen molar-refractivity contribution in [1.82, 2.24) is 9.88 Å². The minimum Gasteiger partial charge on any atom is -0.392 e. The molecule has 1 aliphatic heterocycles. The molecule has 1 aromatic rings. The van der Waals surface area contributed by atoms with Gasteiger partial charge in [0.05, 0.1) is 12.6 Å². The van der Waals surface area contributed by atoms with Crippen molar-refractivity contribution in [3.8, 4) is 0 Å². The van der Waals surface area contributed by atoms with E-state index in [9.17, 15) is 5.11 Å². The molecule has 1 aromatic heterocycles. The van der Waals surface area contributed by atoms with Crippen molar-refractivity contribution in [2.45, 2.75) is 26.0 Å². The molecular weight excluding hydrogens is 184 g/mol. The number of rotatable bonds is 2. The number of nitrogens with zero attached hydrogens (tertiary/aromatic N) is 2. The highest BCUT2D eigenvalue weighted by molar-refractivity contribution is 7.09. The fourth-order valence-corrected chi connectivity index (χ4v) is 2.44. The Labute approximate surface area is 82.0 Å². The summed E-state index contributed by atoms with van der Waals surface area (Å²) in [6.45, 7) is 4.72. The minimum absolute atomic E-state index is 0.124. The van der Waals surface area contributed by atoms with Gasteiger partial charge in [-0.25, -0.2) is 4.98 Å². The van der Waals surface area contributed by atoms with Gasteiger partial charge in [-0.05, 0) is 13.3 Å². The van der Waals surface area contributed by atoms with E-state index in [1.807, 2.05) is 6.92 Å².